The molecule has 5 nitrogen and oxygen atoms in total. The number of carbonyl (C=O) groups is 1. The summed E-state index contributed by atoms with van der Waals surface area (Å²) in [5.41, 5.74) is -1.23. The van der Waals surface area contributed by atoms with Crippen LogP contribution in [0.25, 0.3) is 0 Å². The zero-order valence-corrected chi connectivity index (χ0v) is 24.1. The first-order valence-electron chi connectivity index (χ1n) is 10.9. The minimum Gasteiger partial charge on any atom is -0.496 e. The van der Waals surface area contributed by atoms with Gasteiger partial charge in [0.25, 0.3) is 0 Å². The van der Waals surface area contributed by atoms with Gasteiger partial charge in [-0.2, -0.15) is 0 Å². The van der Waals surface area contributed by atoms with Gasteiger partial charge in [-0.3, -0.25) is 4.79 Å². The van der Waals surface area contributed by atoms with Crippen LogP contribution >= 0.6 is 20.2 Å². The molecule has 2 rings (SSSR count). The summed E-state index contributed by atoms with van der Waals surface area (Å²) in [6.07, 6.45) is 0. The Morgan fingerprint density at radius 3 is 1.68 bits per heavy atom. The summed E-state index contributed by atoms with van der Waals surface area (Å²) in [5, 5.41) is 1.00. The molecule has 182 valence electrons. The van der Waals surface area contributed by atoms with Gasteiger partial charge < -0.3 is 18.9 Å². The first-order chi connectivity index (χ1) is 15.0. The molecule has 2 aromatic carbocycles. The minimum absolute atomic E-state index is 0. The zero-order chi connectivity index (χ0) is 25.2. The van der Waals surface area contributed by atoms with Crippen molar-refractivity contribution in [3.8, 4) is 23.0 Å². The van der Waals surface area contributed by atoms with E-state index in [0.29, 0.717) is 38.9 Å². The van der Waals surface area contributed by atoms with Crippen molar-refractivity contribution in [3.63, 3.8) is 0 Å². The van der Waals surface area contributed by atoms with E-state index in [1.54, 1.807) is 18.2 Å². The Balaban J connectivity index is 0.00000578. The molecule has 0 fully saturated rings. The van der Waals surface area contributed by atoms with Gasteiger partial charge in [0, 0.05) is 12.1 Å². The molecule has 8 heteroatoms. The molecule has 0 saturated heterocycles. The molecule has 0 amide bonds. The summed E-state index contributed by atoms with van der Waals surface area (Å²) in [6, 6.07) is 8.81. The van der Waals surface area contributed by atoms with Crippen molar-refractivity contribution in [2.45, 2.75) is 79.1 Å². The molecule has 0 saturated carbocycles. The van der Waals surface area contributed by atoms with Crippen LogP contribution in [0.4, 0.5) is 0 Å². The molecule has 0 spiro atoms. The van der Waals surface area contributed by atoms with Gasteiger partial charge in [0.2, 0.25) is 0 Å². The van der Waals surface area contributed by atoms with E-state index in [2.05, 4.69) is 0 Å². The summed E-state index contributed by atoms with van der Waals surface area (Å²) in [7, 11) is 1.22. The fraction of sp³-hybridized carbons (Fsp3) is 0.500. The Bertz CT molecular complexity index is 967. The Kier molecular flexibility index (Phi) is 10.4. The number of rotatable bonds is 7. The number of hydrogen-bond acceptors (Lipinski definition) is 5. The van der Waals surface area contributed by atoms with Crippen molar-refractivity contribution in [2.24, 2.45) is 0 Å². The molecule has 34 heavy (non-hydrogen) atoms. The number of hydrogen-bond donors (Lipinski definition) is 0. The van der Waals surface area contributed by atoms with Crippen LogP contribution < -0.4 is 43.1 Å². The van der Waals surface area contributed by atoms with Crippen molar-refractivity contribution in [1.82, 2.24) is 0 Å². The number of methoxy groups -OCH3 is 1. The molecule has 0 aliphatic carbocycles. The van der Waals surface area contributed by atoms with Crippen LogP contribution in [0.5, 0.6) is 23.0 Å². The molecule has 0 aliphatic heterocycles. The fourth-order valence-corrected chi connectivity index (χ4v) is 4.43. The average Bonchev–Trinajstić information content (AvgIpc) is 2.60. The predicted octanol–water partition coefficient (Wildman–Crippen LogP) is 4.03. The summed E-state index contributed by atoms with van der Waals surface area (Å²) in [5.74, 6) is 2.13. The van der Waals surface area contributed by atoms with Crippen molar-refractivity contribution in [1.29, 1.82) is 0 Å². The third-order valence-electron chi connectivity index (χ3n) is 3.96. The van der Waals surface area contributed by atoms with Crippen LogP contribution in [0.1, 0.15) is 72.7 Å². The third-order valence-corrected chi connectivity index (χ3v) is 5.49. The van der Waals surface area contributed by atoms with E-state index in [-0.39, 0.29) is 33.0 Å². The Labute approximate surface area is 223 Å². The maximum Gasteiger partial charge on any atom is 1.00 e. The predicted molar refractivity (Wildman–Crippen MR) is 138 cm³/mol. The average molecular weight is 502 g/mol. The van der Waals surface area contributed by atoms with Crippen LogP contribution in [-0.4, -0.2) is 29.4 Å². The van der Waals surface area contributed by atoms with Crippen molar-refractivity contribution < 1.29 is 42.6 Å². The Hall–Kier alpha value is -1.37. The van der Waals surface area contributed by atoms with Crippen molar-refractivity contribution >= 4 is 31.0 Å². The number of benzene rings is 2. The summed E-state index contributed by atoms with van der Waals surface area (Å²) >= 11 is 6.38. The smallest absolute Gasteiger partial charge is 0.496 e. The molecule has 0 radical (unpaired) electrons. The molecule has 0 aromatic heterocycles. The maximum absolute atomic E-state index is 13.5. The molecular weight excluding hydrogens is 466 g/mol. The van der Waals surface area contributed by atoms with Crippen molar-refractivity contribution in [2.75, 3.05) is 7.11 Å². The molecule has 2 aromatic rings. The van der Waals surface area contributed by atoms with E-state index in [1.165, 1.54) is 7.11 Å². The van der Waals surface area contributed by atoms with Gasteiger partial charge in [-0.15, -0.1) is 0 Å². The molecule has 0 N–H and O–H groups in total. The third kappa shape index (κ3) is 9.35. The van der Waals surface area contributed by atoms with Gasteiger partial charge in [0.15, 0.2) is 5.52 Å². The van der Waals surface area contributed by atoms with Crippen molar-refractivity contribution in [3.05, 3.63) is 40.9 Å². The standard InChI is InChI=1S/C26H36ClO5P.Li/c1-24(2,3)30-16-14-19(31-25(4,5)6)22(20(15-16)32-26(7,8)9)33-23(28)21-17(27)12-11-13-18(21)29-10;/h11-15,33H,1-10H3;/q;+1. The van der Waals surface area contributed by atoms with E-state index in [1.807, 2.05) is 74.4 Å². The summed E-state index contributed by atoms with van der Waals surface area (Å²) in [4.78, 5) is 13.5. The van der Waals surface area contributed by atoms with E-state index in [4.69, 9.17) is 30.5 Å². The molecule has 0 aliphatic rings. The Morgan fingerprint density at radius 2 is 1.26 bits per heavy atom. The van der Waals surface area contributed by atoms with Crippen LogP contribution in [0.15, 0.2) is 30.3 Å². The second kappa shape index (κ2) is 11.6. The van der Waals surface area contributed by atoms with E-state index in [0.717, 1.165) is 0 Å². The van der Waals surface area contributed by atoms with Gasteiger partial charge in [-0.1, -0.05) is 17.7 Å². The van der Waals surface area contributed by atoms with Crippen LogP contribution in [0.2, 0.25) is 5.02 Å². The summed E-state index contributed by atoms with van der Waals surface area (Å²) in [6.45, 7) is 17.7. The topological polar surface area (TPSA) is 54.0 Å². The quantitative estimate of drug-likeness (QED) is 0.423. The van der Waals surface area contributed by atoms with Crippen LogP contribution in [0.3, 0.4) is 0 Å². The molecular formula is C26H36ClLiO5P+. The number of carbonyl (C=O) groups excluding carboxylic acids is 1. The number of ether oxygens (including phenoxy) is 4. The second-order valence-electron chi connectivity index (χ2n) is 10.7. The van der Waals surface area contributed by atoms with Gasteiger partial charge >= 0.3 is 18.9 Å². The maximum atomic E-state index is 13.5. The molecule has 1 unspecified atom stereocenters. The van der Waals surface area contributed by atoms with E-state index >= 15 is 0 Å². The van der Waals surface area contributed by atoms with Gasteiger partial charge in [0.05, 0.1) is 23.0 Å². The SMILES string of the molecule is COc1cccc(Cl)c1C(=O)Pc1c(OC(C)(C)C)cc(OC(C)(C)C)cc1OC(C)(C)C.[Li+]. The minimum atomic E-state index is -0.496. The second-order valence-corrected chi connectivity index (χ2v) is 12.3. The van der Waals surface area contributed by atoms with Crippen LogP contribution in [0, 0.1) is 0 Å². The van der Waals surface area contributed by atoms with Gasteiger partial charge in [0.1, 0.15) is 39.8 Å². The molecule has 1 atom stereocenters. The largest absolute Gasteiger partial charge is 1.00 e. The van der Waals surface area contributed by atoms with Gasteiger partial charge in [-0.05, 0) is 83.0 Å². The van der Waals surface area contributed by atoms with Gasteiger partial charge in [-0.25, -0.2) is 0 Å². The molecule has 0 heterocycles. The normalized spacial score (nSPS) is 12.3. The molecule has 0 bridgehead atoms. The monoisotopic (exact) mass is 501 g/mol. The Morgan fingerprint density at radius 1 is 0.794 bits per heavy atom. The first-order valence-corrected chi connectivity index (χ1v) is 12.3. The van der Waals surface area contributed by atoms with Crippen LogP contribution in [-0.2, 0) is 0 Å². The first kappa shape index (κ1) is 30.7. The fourth-order valence-electron chi connectivity index (χ4n) is 2.99. The van der Waals surface area contributed by atoms with E-state index in [9.17, 15) is 4.79 Å². The van der Waals surface area contributed by atoms with E-state index < -0.39 is 16.8 Å². The number of halogens is 1. The summed E-state index contributed by atoms with van der Waals surface area (Å²) < 4.78 is 24.1. The zero-order valence-electron chi connectivity index (χ0n) is 22.3.